The maximum Gasteiger partial charge on any atom is 0.407 e. The number of nitrogens with zero attached hydrogens (tertiary/aromatic N) is 4. The number of ether oxygens (including phenoxy) is 3. The number of aromatic nitrogens is 4. The first-order valence-electron chi connectivity index (χ1n) is 15.7. The van der Waals surface area contributed by atoms with Gasteiger partial charge in [0.05, 0.1) is 16.5 Å². The van der Waals surface area contributed by atoms with Crippen LogP contribution in [0.2, 0.25) is 0 Å². The molecule has 0 saturated carbocycles. The van der Waals surface area contributed by atoms with Crippen LogP contribution in [0, 0.1) is 18.7 Å². The Kier molecular flexibility index (Phi) is 9.26. The fourth-order valence-corrected chi connectivity index (χ4v) is 6.87. The lowest BCUT2D eigenvalue weighted by Crippen LogP contribution is -2.32. The maximum atomic E-state index is 15.4. The Labute approximate surface area is 278 Å². The summed E-state index contributed by atoms with van der Waals surface area (Å²) in [6, 6.07) is 12.5. The molecule has 11 nitrogen and oxygen atoms in total. The molecule has 0 spiro atoms. The van der Waals surface area contributed by atoms with E-state index in [1.165, 1.54) is 24.5 Å². The van der Waals surface area contributed by atoms with E-state index in [4.69, 9.17) is 14.2 Å². The average molecular weight is 676 g/mol. The van der Waals surface area contributed by atoms with Gasteiger partial charge in [-0.3, -0.25) is 4.68 Å². The minimum Gasteiger partial charge on any atom is -0.453 e. The van der Waals surface area contributed by atoms with Gasteiger partial charge in [0.1, 0.15) is 11.4 Å². The standard InChI is InChI=1S/C35H38FN5O6S/c1-23-5-8-27(9-6-23)48(43,44)41-22-28(26-19-39-40(21-26)20-24-12-15-45-16-13-24)32-31(11-14-37-33(32)41)46-30-10-7-25(17-29(30)36)18-38-34(42)47-35(2,3)4/h5-11,14,17,19,21-22,24H,12-13,15-16,18,20H2,1-4H3,(H,38,42). The second-order valence-electron chi connectivity index (χ2n) is 12.9. The largest absolute Gasteiger partial charge is 0.453 e. The van der Waals surface area contributed by atoms with E-state index in [9.17, 15) is 13.2 Å². The van der Waals surface area contributed by atoms with Crippen molar-refractivity contribution in [3.63, 3.8) is 0 Å². The molecule has 1 N–H and O–H groups in total. The van der Waals surface area contributed by atoms with E-state index in [1.807, 2.05) is 17.8 Å². The van der Waals surface area contributed by atoms with E-state index in [1.54, 1.807) is 63.4 Å². The van der Waals surface area contributed by atoms with Crippen LogP contribution < -0.4 is 10.1 Å². The summed E-state index contributed by atoms with van der Waals surface area (Å²) in [4.78, 5) is 16.6. The number of amides is 1. The van der Waals surface area contributed by atoms with E-state index in [0.717, 1.165) is 22.4 Å². The monoisotopic (exact) mass is 675 g/mol. The summed E-state index contributed by atoms with van der Waals surface area (Å²) in [6.07, 6.45) is 7.75. The van der Waals surface area contributed by atoms with Crippen molar-refractivity contribution in [1.82, 2.24) is 24.1 Å². The smallest absolute Gasteiger partial charge is 0.407 e. The Morgan fingerprint density at radius 3 is 2.52 bits per heavy atom. The fraction of sp³-hybridized carbons (Fsp3) is 0.343. The first kappa shape index (κ1) is 33.2. The number of carbonyl (C=O) groups excluding carboxylic acids is 1. The van der Waals surface area contributed by atoms with Gasteiger partial charge in [0.25, 0.3) is 10.0 Å². The third-order valence-corrected chi connectivity index (χ3v) is 9.64. The predicted molar refractivity (Wildman–Crippen MR) is 178 cm³/mol. The quantitative estimate of drug-likeness (QED) is 0.180. The highest BCUT2D eigenvalue weighted by Gasteiger charge is 2.26. The highest BCUT2D eigenvalue weighted by atomic mass is 32.2. The van der Waals surface area contributed by atoms with Crippen LogP contribution >= 0.6 is 0 Å². The van der Waals surface area contributed by atoms with Gasteiger partial charge in [-0.05, 0) is 82.3 Å². The van der Waals surface area contributed by atoms with Gasteiger partial charge in [-0.2, -0.15) is 5.10 Å². The molecule has 1 fully saturated rings. The number of benzene rings is 2. The third kappa shape index (κ3) is 7.37. The van der Waals surface area contributed by atoms with Gasteiger partial charge >= 0.3 is 6.09 Å². The van der Waals surface area contributed by atoms with Crippen molar-refractivity contribution in [1.29, 1.82) is 0 Å². The Morgan fingerprint density at radius 2 is 1.81 bits per heavy atom. The lowest BCUT2D eigenvalue weighted by Gasteiger charge is -2.21. The zero-order chi connectivity index (χ0) is 34.1. The summed E-state index contributed by atoms with van der Waals surface area (Å²) in [5, 5.41) is 7.57. The van der Waals surface area contributed by atoms with Crippen molar-refractivity contribution in [2.24, 2.45) is 5.92 Å². The number of halogens is 1. The summed E-state index contributed by atoms with van der Waals surface area (Å²) in [5.74, 6) is -0.121. The lowest BCUT2D eigenvalue weighted by molar-refractivity contribution is 0.0523. The molecule has 4 heterocycles. The highest BCUT2D eigenvalue weighted by Crippen LogP contribution is 2.40. The Hall–Kier alpha value is -4.75. The summed E-state index contributed by atoms with van der Waals surface area (Å²) in [6.45, 7) is 9.33. The molecule has 1 aliphatic heterocycles. The molecule has 48 heavy (non-hydrogen) atoms. The maximum absolute atomic E-state index is 15.4. The van der Waals surface area contributed by atoms with Crippen LogP contribution in [-0.2, 0) is 32.6 Å². The number of aryl methyl sites for hydroxylation is 1. The van der Waals surface area contributed by atoms with Crippen LogP contribution in [0.3, 0.4) is 0 Å². The molecular formula is C35H38FN5O6S. The molecule has 252 valence electrons. The molecular weight excluding hydrogens is 637 g/mol. The van der Waals surface area contributed by atoms with Crippen molar-refractivity contribution in [3.05, 3.63) is 90.3 Å². The molecule has 5 aromatic rings. The Bertz CT molecular complexity index is 2040. The van der Waals surface area contributed by atoms with Crippen LogP contribution in [0.15, 0.2) is 78.2 Å². The second-order valence-corrected chi connectivity index (χ2v) is 14.7. The summed E-state index contributed by atoms with van der Waals surface area (Å²) in [7, 11) is -4.08. The van der Waals surface area contributed by atoms with Gasteiger partial charge in [0.15, 0.2) is 17.2 Å². The molecule has 0 bridgehead atoms. The van der Waals surface area contributed by atoms with Crippen LogP contribution in [0.25, 0.3) is 22.2 Å². The van der Waals surface area contributed by atoms with E-state index in [-0.39, 0.29) is 28.6 Å². The Balaban J connectivity index is 1.36. The summed E-state index contributed by atoms with van der Waals surface area (Å²) < 4.78 is 63.2. The SMILES string of the molecule is Cc1ccc(S(=O)(=O)n2cc(-c3cnn(CC4CCOCC4)c3)c3c(Oc4ccc(CNC(=O)OC(C)(C)C)cc4F)ccnc32)cc1. The number of hydrogen-bond acceptors (Lipinski definition) is 8. The number of nitrogens with one attached hydrogen (secondary N) is 1. The van der Waals surface area contributed by atoms with Crippen LogP contribution in [0.5, 0.6) is 11.5 Å². The van der Waals surface area contributed by atoms with Gasteiger partial charge in [-0.15, -0.1) is 0 Å². The molecule has 2 aromatic carbocycles. The number of fused-ring (bicyclic) bond motifs is 1. The minimum absolute atomic E-state index is 0.0490. The van der Waals surface area contributed by atoms with Gasteiger partial charge < -0.3 is 19.5 Å². The fourth-order valence-electron chi connectivity index (χ4n) is 5.55. The zero-order valence-electron chi connectivity index (χ0n) is 27.3. The van der Waals surface area contributed by atoms with Crippen molar-refractivity contribution in [2.75, 3.05) is 13.2 Å². The summed E-state index contributed by atoms with van der Waals surface area (Å²) in [5.41, 5.74) is 2.06. The van der Waals surface area contributed by atoms with Crippen LogP contribution in [0.4, 0.5) is 9.18 Å². The van der Waals surface area contributed by atoms with Crippen molar-refractivity contribution in [3.8, 4) is 22.6 Å². The lowest BCUT2D eigenvalue weighted by atomic mass is 10.0. The number of alkyl carbamates (subject to hydrolysis) is 1. The molecule has 3 aromatic heterocycles. The van der Waals surface area contributed by atoms with Crippen molar-refractivity contribution >= 4 is 27.1 Å². The second kappa shape index (κ2) is 13.4. The predicted octanol–water partition coefficient (Wildman–Crippen LogP) is 6.83. The first-order valence-corrected chi connectivity index (χ1v) is 17.2. The van der Waals surface area contributed by atoms with Crippen LogP contribution in [0.1, 0.15) is 44.7 Å². The van der Waals surface area contributed by atoms with E-state index in [2.05, 4.69) is 15.4 Å². The molecule has 0 atom stereocenters. The van der Waals surface area contributed by atoms with Gasteiger partial charge in [-0.25, -0.2) is 26.6 Å². The van der Waals surface area contributed by atoms with Crippen molar-refractivity contribution < 1.29 is 31.8 Å². The number of hydrogen-bond donors (Lipinski definition) is 1. The van der Waals surface area contributed by atoms with E-state index in [0.29, 0.717) is 47.8 Å². The van der Waals surface area contributed by atoms with E-state index < -0.39 is 27.5 Å². The van der Waals surface area contributed by atoms with Gasteiger partial charge in [0, 0.05) is 56.0 Å². The highest BCUT2D eigenvalue weighted by molar-refractivity contribution is 7.90. The third-order valence-electron chi connectivity index (χ3n) is 7.98. The topological polar surface area (TPSA) is 127 Å². The Morgan fingerprint density at radius 1 is 1.06 bits per heavy atom. The summed E-state index contributed by atoms with van der Waals surface area (Å²) >= 11 is 0. The molecule has 1 aliphatic rings. The first-order chi connectivity index (χ1) is 22.9. The number of rotatable bonds is 9. The number of carbonyl (C=O) groups is 1. The molecule has 1 amide bonds. The molecule has 13 heteroatoms. The average Bonchev–Trinajstić information content (AvgIpc) is 3.67. The van der Waals surface area contributed by atoms with E-state index >= 15 is 4.39 Å². The molecule has 6 rings (SSSR count). The number of pyridine rings is 1. The van der Waals surface area contributed by atoms with Gasteiger partial charge in [-0.1, -0.05) is 23.8 Å². The zero-order valence-corrected chi connectivity index (χ0v) is 28.1. The minimum atomic E-state index is -4.08. The van der Waals surface area contributed by atoms with Crippen LogP contribution in [-0.4, -0.2) is 52.1 Å². The molecule has 0 unspecified atom stereocenters. The normalized spacial score (nSPS) is 14.3. The van der Waals surface area contributed by atoms with Gasteiger partial charge in [0.2, 0.25) is 0 Å². The molecule has 0 aliphatic carbocycles. The van der Waals surface area contributed by atoms with Crippen molar-refractivity contribution in [2.45, 2.75) is 64.1 Å². The molecule has 1 saturated heterocycles. The molecule has 0 radical (unpaired) electrons.